The molecule has 0 saturated carbocycles. The number of esters is 2. The first kappa shape index (κ1) is 30.3. The van der Waals surface area contributed by atoms with E-state index in [0.29, 0.717) is 12.8 Å². The van der Waals surface area contributed by atoms with Crippen molar-refractivity contribution in [2.75, 3.05) is 13.7 Å². The van der Waals surface area contributed by atoms with Crippen LogP contribution in [0.1, 0.15) is 117 Å². The molecule has 7 nitrogen and oxygen atoms in total. The number of unbranched alkanes of at least 4 members (excludes halogenated alkanes) is 11. The molecule has 206 valence electrons. The van der Waals surface area contributed by atoms with Gasteiger partial charge in [0.2, 0.25) is 5.91 Å². The highest BCUT2D eigenvalue weighted by Crippen LogP contribution is 2.37. The average molecular weight is 508 g/mol. The first-order chi connectivity index (χ1) is 17.3. The highest BCUT2D eigenvalue weighted by Gasteiger charge is 2.53. The molecule has 2 heterocycles. The molecule has 0 aliphatic carbocycles. The first-order valence-corrected chi connectivity index (χ1v) is 14.3. The lowest BCUT2D eigenvalue weighted by Gasteiger charge is -2.29. The fraction of sp³-hybridized carbons (Fsp3) is 0.828. The Balaban J connectivity index is 1.61. The van der Waals surface area contributed by atoms with Gasteiger partial charge in [0.25, 0.3) is 0 Å². The Morgan fingerprint density at radius 1 is 1.03 bits per heavy atom. The number of aliphatic hydroxyl groups is 1. The van der Waals surface area contributed by atoms with Crippen molar-refractivity contribution in [3.05, 3.63) is 12.2 Å². The molecule has 4 atom stereocenters. The molecule has 2 aliphatic rings. The predicted molar refractivity (Wildman–Crippen MR) is 140 cm³/mol. The van der Waals surface area contributed by atoms with E-state index in [1.165, 1.54) is 63.4 Å². The predicted octanol–water partition coefficient (Wildman–Crippen LogP) is 5.48. The van der Waals surface area contributed by atoms with Gasteiger partial charge in [-0.25, -0.2) is 4.79 Å². The Bertz CT molecular complexity index is 723. The summed E-state index contributed by atoms with van der Waals surface area (Å²) in [6.07, 6.45) is 20.6. The molecule has 0 aromatic heterocycles. The number of amides is 1. The van der Waals surface area contributed by atoms with Crippen molar-refractivity contribution in [3.63, 3.8) is 0 Å². The van der Waals surface area contributed by atoms with Crippen LogP contribution >= 0.6 is 0 Å². The van der Waals surface area contributed by atoms with Crippen molar-refractivity contribution in [1.29, 1.82) is 0 Å². The zero-order valence-corrected chi connectivity index (χ0v) is 22.8. The normalized spacial score (nSPS) is 26.2. The summed E-state index contributed by atoms with van der Waals surface area (Å²) in [5.41, 5.74) is -0.961. The van der Waals surface area contributed by atoms with Crippen LogP contribution in [0.5, 0.6) is 0 Å². The summed E-state index contributed by atoms with van der Waals surface area (Å²) in [6.45, 7) is 4.00. The number of allylic oxidation sites excluding steroid dienone is 2. The summed E-state index contributed by atoms with van der Waals surface area (Å²) >= 11 is 0. The summed E-state index contributed by atoms with van der Waals surface area (Å²) in [7, 11) is 1.28. The molecule has 1 N–H and O–H groups in total. The molecule has 0 bridgehead atoms. The van der Waals surface area contributed by atoms with Gasteiger partial charge in [-0.1, -0.05) is 70.4 Å². The molecule has 2 rings (SSSR count). The minimum Gasteiger partial charge on any atom is -0.467 e. The molecular formula is C29H49NO6. The van der Waals surface area contributed by atoms with Crippen LogP contribution in [-0.4, -0.2) is 59.3 Å². The fourth-order valence-electron chi connectivity index (χ4n) is 5.40. The monoisotopic (exact) mass is 507 g/mol. The number of likely N-dealkylation sites (tertiary alicyclic amines) is 1. The third-order valence-electron chi connectivity index (χ3n) is 7.77. The molecule has 0 aromatic carbocycles. The van der Waals surface area contributed by atoms with E-state index in [1.54, 1.807) is 6.92 Å². The largest absolute Gasteiger partial charge is 0.467 e. The molecule has 2 saturated heterocycles. The van der Waals surface area contributed by atoms with Gasteiger partial charge in [0.05, 0.1) is 7.11 Å². The van der Waals surface area contributed by atoms with E-state index in [0.717, 1.165) is 32.1 Å². The highest BCUT2D eigenvalue weighted by molar-refractivity contribution is 5.88. The van der Waals surface area contributed by atoms with Crippen LogP contribution in [0.15, 0.2) is 12.2 Å². The summed E-state index contributed by atoms with van der Waals surface area (Å²) in [5.74, 6) is -2.04. The van der Waals surface area contributed by atoms with Crippen LogP contribution in [0.2, 0.25) is 0 Å². The number of carbonyl (C=O) groups is 3. The van der Waals surface area contributed by atoms with Gasteiger partial charge in [-0.05, 0) is 51.9 Å². The number of ether oxygens (including phenoxy) is 2. The van der Waals surface area contributed by atoms with E-state index in [-0.39, 0.29) is 18.9 Å². The summed E-state index contributed by atoms with van der Waals surface area (Å²) in [4.78, 5) is 38.2. The molecule has 0 aromatic rings. The van der Waals surface area contributed by atoms with Crippen LogP contribution in [0.4, 0.5) is 0 Å². The van der Waals surface area contributed by atoms with E-state index < -0.39 is 35.6 Å². The quantitative estimate of drug-likeness (QED) is 0.150. The van der Waals surface area contributed by atoms with Crippen LogP contribution in [-0.2, 0) is 23.9 Å². The van der Waals surface area contributed by atoms with Crippen LogP contribution in [0, 0.1) is 5.92 Å². The zero-order valence-electron chi connectivity index (χ0n) is 22.8. The summed E-state index contributed by atoms with van der Waals surface area (Å²) < 4.78 is 10.4. The van der Waals surface area contributed by atoms with E-state index in [9.17, 15) is 19.5 Å². The maximum atomic E-state index is 12.6. The highest BCUT2D eigenvalue weighted by atomic mass is 16.6. The Kier molecular flexibility index (Phi) is 13.5. The van der Waals surface area contributed by atoms with Gasteiger partial charge >= 0.3 is 11.9 Å². The maximum Gasteiger partial charge on any atom is 0.328 e. The maximum absolute atomic E-state index is 12.6. The minimum atomic E-state index is -1.01. The minimum absolute atomic E-state index is 0.0160. The summed E-state index contributed by atoms with van der Waals surface area (Å²) in [6, 6.07) is -0.696. The van der Waals surface area contributed by atoms with Crippen molar-refractivity contribution in [3.8, 4) is 0 Å². The molecule has 36 heavy (non-hydrogen) atoms. The van der Waals surface area contributed by atoms with Gasteiger partial charge in [-0.3, -0.25) is 9.59 Å². The van der Waals surface area contributed by atoms with Crippen molar-refractivity contribution in [1.82, 2.24) is 4.90 Å². The number of methoxy groups -OCH3 is 1. The number of hydrogen-bond acceptors (Lipinski definition) is 6. The summed E-state index contributed by atoms with van der Waals surface area (Å²) in [5, 5.41) is 10.9. The second kappa shape index (κ2) is 16.1. The van der Waals surface area contributed by atoms with Crippen LogP contribution < -0.4 is 0 Å². The average Bonchev–Trinajstić information content (AvgIpc) is 3.33. The fourth-order valence-corrected chi connectivity index (χ4v) is 5.40. The van der Waals surface area contributed by atoms with Crippen LogP contribution in [0.25, 0.3) is 0 Å². The molecule has 2 aliphatic heterocycles. The number of cyclic esters (lactones) is 1. The lowest BCUT2D eigenvalue weighted by Crippen LogP contribution is -2.47. The van der Waals surface area contributed by atoms with Crippen molar-refractivity contribution in [2.24, 2.45) is 5.92 Å². The number of aliphatic hydroxyl groups excluding tert-OH is 1. The first-order valence-electron chi connectivity index (χ1n) is 14.3. The lowest BCUT2D eigenvalue weighted by atomic mass is 9.87. The second-order valence-corrected chi connectivity index (χ2v) is 10.7. The molecule has 1 amide bonds. The Hall–Kier alpha value is -1.89. The number of nitrogens with zero attached hydrogens (tertiary/aromatic N) is 1. The standard InChI is InChI=1S/C29H49NO6/c1-4-5-6-7-8-9-10-11-12-13-14-15-16-17-18-21-29(2)26(32)23(27(33)36-29)22-30-24(28(34)35-3)19-20-25(30)31/h13-14,23-24,26,32H,4-12,15-22H2,1-3H3/b14-13+/t23-,24?,26?,29+/m0/s1. The number of rotatable bonds is 18. The Morgan fingerprint density at radius 2 is 1.61 bits per heavy atom. The van der Waals surface area contributed by atoms with Gasteiger partial charge in [-0.2, -0.15) is 0 Å². The molecule has 0 spiro atoms. The van der Waals surface area contributed by atoms with Gasteiger partial charge in [0.1, 0.15) is 23.7 Å². The third-order valence-corrected chi connectivity index (χ3v) is 7.77. The van der Waals surface area contributed by atoms with Crippen molar-refractivity contribution in [2.45, 2.75) is 134 Å². The van der Waals surface area contributed by atoms with E-state index in [4.69, 9.17) is 9.47 Å². The Morgan fingerprint density at radius 3 is 2.22 bits per heavy atom. The van der Waals surface area contributed by atoms with Crippen molar-refractivity contribution >= 4 is 17.8 Å². The van der Waals surface area contributed by atoms with Gasteiger partial charge in [-0.15, -0.1) is 0 Å². The number of hydrogen-bond donors (Lipinski definition) is 1. The molecule has 2 unspecified atom stereocenters. The van der Waals surface area contributed by atoms with E-state index in [1.807, 2.05) is 0 Å². The Labute approximate surface area is 218 Å². The zero-order chi connectivity index (χ0) is 26.4. The molecule has 7 heteroatoms. The van der Waals surface area contributed by atoms with Crippen LogP contribution in [0.3, 0.4) is 0 Å². The van der Waals surface area contributed by atoms with Gasteiger partial charge < -0.3 is 19.5 Å². The van der Waals surface area contributed by atoms with E-state index in [2.05, 4.69) is 19.1 Å². The number of carbonyl (C=O) groups excluding carboxylic acids is 3. The molecule has 0 radical (unpaired) electrons. The lowest BCUT2D eigenvalue weighted by molar-refractivity contribution is -0.153. The van der Waals surface area contributed by atoms with Crippen molar-refractivity contribution < 1.29 is 29.0 Å². The van der Waals surface area contributed by atoms with Gasteiger partial charge in [0.15, 0.2) is 0 Å². The van der Waals surface area contributed by atoms with Gasteiger partial charge in [0, 0.05) is 13.0 Å². The van der Waals surface area contributed by atoms with E-state index >= 15 is 0 Å². The molecule has 2 fully saturated rings. The smallest absolute Gasteiger partial charge is 0.328 e. The topological polar surface area (TPSA) is 93.1 Å². The molecular weight excluding hydrogens is 458 g/mol. The third kappa shape index (κ3) is 9.20. The SMILES string of the molecule is CCCCCCCCCC/C=C/CCCCC[C@@]1(C)OC(=O)[C@@H](CN2C(=O)CCC2C(=O)OC)C1O. The second-order valence-electron chi connectivity index (χ2n) is 10.7.